The van der Waals surface area contributed by atoms with Crippen molar-refractivity contribution in [3.8, 4) is 0 Å². The molecule has 5 heteroatoms. The number of carbonyl (C=O) groups excluding carboxylic acids is 1. The first-order valence-electron chi connectivity index (χ1n) is 6.48. The number of nitrogens with two attached hydrogens (primary N) is 1. The molecule has 0 aliphatic carbocycles. The number of hydrogen-bond donors (Lipinski definition) is 3. The summed E-state index contributed by atoms with van der Waals surface area (Å²) in [7, 11) is 0. The standard InChI is InChI=1S/C16H16N2O3/c17-13(11-7-3-1-4-8-11)15(19)18-14(16(20)21)12-9-5-2-6-10-12/h1-10,13-14H,17H2,(H,18,19)(H,20,21)/t13-,14?/m1/s1. The minimum atomic E-state index is -1.13. The van der Waals surface area contributed by atoms with Gasteiger partial charge < -0.3 is 16.2 Å². The highest BCUT2D eigenvalue weighted by molar-refractivity contribution is 5.88. The second-order valence-electron chi connectivity index (χ2n) is 4.58. The Balaban J connectivity index is 2.14. The van der Waals surface area contributed by atoms with Crippen LogP contribution in [-0.4, -0.2) is 17.0 Å². The van der Waals surface area contributed by atoms with Gasteiger partial charge in [-0.3, -0.25) is 4.79 Å². The molecule has 2 aromatic rings. The van der Waals surface area contributed by atoms with E-state index in [-0.39, 0.29) is 0 Å². The number of aliphatic carboxylic acids is 1. The van der Waals surface area contributed by atoms with E-state index in [0.29, 0.717) is 11.1 Å². The van der Waals surface area contributed by atoms with E-state index in [1.807, 2.05) is 6.07 Å². The number of nitrogens with one attached hydrogen (secondary N) is 1. The summed E-state index contributed by atoms with van der Waals surface area (Å²) in [5.74, 6) is -1.66. The van der Waals surface area contributed by atoms with Crippen molar-refractivity contribution in [2.24, 2.45) is 5.73 Å². The van der Waals surface area contributed by atoms with Gasteiger partial charge in [0.2, 0.25) is 5.91 Å². The first-order valence-corrected chi connectivity index (χ1v) is 6.48. The van der Waals surface area contributed by atoms with Gasteiger partial charge >= 0.3 is 5.97 Å². The first-order chi connectivity index (χ1) is 10.1. The molecule has 1 amide bonds. The highest BCUT2D eigenvalue weighted by atomic mass is 16.4. The topological polar surface area (TPSA) is 92.4 Å². The Hall–Kier alpha value is -2.66. The van der Waals surface area contributed by atoms with Gasteiger partial charge in [-0.05, 0) is 11.1 Å². The molecule has 4 N–H and O–H groups in total. The molecule has 108 valence electrons. The zero-order valence-corrected chi connectivity index (χ0v) is 11.3. The summed E-state index contributed by atoms with van der Waals surface area (Å²) in [6.07, 6.45) is 0. The van der Waals surface area contributed by atoms with E-state index >= 15 is 0 Å². The second kappa shape index (κ2) is 6.67. The van der Waals surface area contributed by atoms with Crippen molar-refractivity contribution in [2.75, 3.05) is 0 Å². The monoisotopic (exact) mass is 284 g/mol. The van der Waals surface area contributed by atoms with Gasteiger partial charge in [0, 0.05) is 0 Å². The maximum atomic E-state index is 12.1. The Kier molecular flexibility index (Phi) is 4.68. The fourth-order valence-corrected chi connectivity index (χ4v) is 1.98. The van der Waals surface area contributed by atoms with Gasteiger partial charge in [0.05, 0.1) is 0 Å². The van der Waals surface area contributed by atoms with Crippen LogP contribution in [-0.2, 0) is 9.59 Å². The number of carboxylic acid groups (broad SMARTS) is 1. The Labute approximate surface area is 122 Å². The van der Waals surface area contributed by atoms with Gasteiger partial charge in [-0.25, -0.2) is 4.79 Å². The van der Waals surface area contributed by atoms with Crippen LogP contribution in [0.5, 0.6) is 0 Å². The number of hydrogen-bond acceptors (Lipinski definition) is 3. The van der Waals surface area contributed by atoms with Crippen LogP contribution in [0.4, 0.5) is 0 Å². The van der Waals surface area contributed by atoms with E-state index < -0.39 is 24.0 Å². The zero-order chi connectivity index (χ0) is 15.2. The molecule has 0 spiro atoms. The molecular formula is C16H16N2O3. The van der Waals surface area contributed by atoms with Crippen LogP contribution in [0.25, 0.3) is 0 Å². The van der Waals surface area contributed by atoms with Crippen LogP contribution < -0.4 is 11.1 Å². The SMILES string of the molecule is N[C@@H](C(=O)NC(C(=O)O)c1ccccc1)c1ccccc1. The average Bonchev–Trinajstić information content (AvgIpc) is 2.53. The predicted molar refractivity (Wildman–Crippen MR) is 78.3 cm³/mol. The van der Waals surface area contributed by atoms with Gasteiger partial charge in [-0.1, -0.05) is 60.7 Å². The summed E-state index contributed by atoms with van der Waals surface area (Å²) < 4.78 is 0. The lowest BCUT2D eigenvalue weighted by Crippen LogP contribution is -2.39. The summed E-state index contributed by atoms with van der Waals surface area (Å²) in [6, 6.07) is 15.3. The van der Waals surface area contributed by atoms with E-state index in [4.69, 9.17) is 5.73 Å². The highest BCUT2D eigenvalue weighted by Gasteiger charge is 2.25. The molecule has 0 aromatic heterocycles. The van der Waals surface area contributed by atoms with E-state index in [2.05, 4.69) is 5.32 Å². The zero-order valence-electron chi connectivity index (χ0n) is 11.3. The van der Waals surface area contributed by atoms with E-state index in [0.717, 1.165) is 0 Å². The normalized spacial score (nSPS) is 13.2. The summed E-state index contributed by atoms with van der Waals surface area (Å²) >= 11 is 0. The van der Waals surface area contributed by atoms with Crippen molar-refractivity contribution >= 4 is 11.9 Å². The molecule has 1 unspecified atom stereocenters. The molecule has 2 rings (SSSR count). The van der Waals surface area contributed by atoms with Crippen LogP contribution in [0, 0.1) is 0 Å². The summed E-state index contributed by atoms with van der Waals surface area (Å²) in [5.41, 5.74) is 6.99. The third-order valence-corrected chi connectivity index (χ3v) is 3.11. The van der Waals surface area contributed by atoms with Crippen molar-refractivity contribution in [1.29, 1.82) is 0 Å². The van der Waals surface area contributed by atoms with Gasteiger partial charge in [-0.2, -0.15) is 0 Å². The van der Waals surface area contributed by atoms with Gasteiger partial charge in [-0.15, -0.1) is 0 Å². The number of benzene rings is 2. The van der Waals surface area contributed by atoms with Crippen molar-refractivity contribution in [2.45, 2.75) is 12.1 Å². The van der Waals surface area contributed by atoms with Crippen molar-refractivity contribution in [3.05, 3.63) is 71.8 Å². The molecule has 0 saturated carbocycles. The Morgan fingerprint density at radius 2 is 1.38 bits per heavy atom. The molecule has 2 aromatic carbocycles. The maximum absolute atomic E-state index is 12.1. The van der Waals surface area contributed by atoms with Gasteiger partial charge in [0.15, 0.2) is 6.04 Å². The van der Waals surface area contributed by atoms with Crippen LogP contribution in [0.1, 0.15) is 23.2 Å². The van der Waals surface area contributed by atoms with Crippen molar-refractivity contribution < 1.29 is 14.7 Å². The number of carboxylic acids is 1. The van der Waals surface area contributed by atoms with Crippen molar-refractivity contribution in [3.63, 3.8) is 0 Å². The number of rotatable bonds is 5. The number of carbonyl (C=O) groups is 2. The van der Waals surface area contributed by atoms with Crippen LogP contribution in [0.3, 0.4) is 0 Å². The van der Waals surface area contributed by atoms with Gasteiger partial charge in [0.1, 0.15) is 6.04 Å². The fraction of sp³-hybridized carbons (Fsp3) is 0.125. The van der Waals surface area contributed by atoms with Crippen LogP contribution >= 0.6 is 0 Å². The molecule has 0 radical (unpaired) electrons. The lowest BCUT2D eigenvalue weighted by molar-refractivity contribution is -0.142. The molecule has 0 heterocycles. The third kappa shape index (κ3) is 3.67. The van der Waals surface area contributed by atoms with Gasteiger partial charge in [0.25, 0.3) is 0 Å². The third-order valence-electron chi connectivity index (χ3n) is 3.11. The lowest BCUT2D eigenvalue weighted by Gasteiger charge is -2.18. The second-order valence-corrected chi connectivity index (χ2v) is 4.58. The molecule has 0 fully saturated rings. The molecule has 0 bridgehead atoms. The predicted octanol–water partition coefficient (Wildman–Crippen LogP) is 1.63. The first kappa shape index (κ1) is 14.7. The largest absolute Gasteiger partial charge is 0.479 e. The quantitative estimate of drug-likeness (QED) is 0.778. The highest BCUT2D eigenvalue weighted by Crippen LogP contribution is 2.15. The molecule has 0 aliphatic heterocycles. The molecule has 2 atom stereocenters. The molecule has 0 aliphatic rings. The number of amides is 1. The summed E-state index contributed by atoms with van der Waals surface area (Å²) in [5, 5.41) is 11.7. The fourth-order valence-electron chi connectivity index (χ4n) is 1.98. The molecular weight excluding hydrogens is 268 g/mol. The summed E-state index contributed by atoms with van der Waals surface area (Å²) in [6.45, 7) is 0. The van der Waals surface area contributed by atoms with E-state index in [9.17, 15) is 14.7 Å². The van der Waals surface area contributed by atoms with Crippen LogP contribution in [0.2, 0.25) is 0 Å². The Morgan fingerprint density at radius 1 is 0.905 bits per heavy atom. The lowest BCUT2D eigenvalue weighted by atomic mass is 10.0. The Bertz CT molecular complexity index is 614. The molecule has 5 nitrogen and oxygen atoms in total. The van der Waals surface area contributed by atoms with E-state index in [1.54, 1.807) is 54.6 Å². The van der Waals surface area contributed by atoms with Crippen molar-refractivity contribution in [1.82, 2.24) is 5.32 Å². The maximum Gasteiger partial charge on any atom is 0.330 e. The minimum absolute atomic E-state index is 0.499. The minimum Gasteiger partial charge on any atom is -0.479 e. The van der Waals surface area contributed by atoms with Crippen LogP contribution in [0.15, 0.2) is 60.7 Å². The average molecular weight is 284 g/mol. The molecule has 21 heavy (non-hydrogen) atoms. The Morgan fingerprint density at radius 3 is 1.86 bits per heavy atom. The smallest absolute Gasteiger partial charge is 0.330 e. The molecule has 0 saturated heterocycles. The van der Waals surface area contributed by atoms with E-state index in [1.165, 1.54) is 0 Å². The summed E-state index contributed by atoms with van der Waals surface area (Å²) in [4.78, 5) is 23.5.